The largest absolute Gasteiger partial charge is 0.323 e. The second-order valence-corrected chi connectivity index (χ2v) is 7.48. The van der Waals surface area contributed by atoms with E-state index in [4.69, 9.17) is 0 Å². The molecule has 0 saturated heterocycles. The second kappa shape index (κ2) is 6.70. The number of sulfonamides is 1. The van der Waals surface area contributed by atoms with Crippen LogP contribution in [0.3, 0.4) is 0 Å². The number of nitrogens with zero attached hydrogens (tertiary/aromatic N) is 2. The van der Waals surface area contributed by atoms with Crippen LogP contribution >= 0.6 is 0 Å². The third-order valence-corrected chi connectivity index (χ3v) is 5.20. The van der Waals surface area contributed by atoms with Crippen molar-refractivity contribution >= 4 is 21.1 Å². The molecule has 0 unspecified atom stereocenters. The predicted molar refractivity (Wildman–Crippen MR) is 92.6 cm³/mol. The minimum Gasteiger partial charge on any atom is -0.323 e. The van der Waals surface area contributed by atoms with Gasteiger partial charge in [0.15, 0.2) is 0 Å². The molecule has 0 atom stereocenters. The van der Waals surface area contributed by atoms with Gasteiger partial charge in [-0.1, -0.05) is 12.1 Å². The first-order chi connectivity index (χ1) is 11.5. The molecular weight excluding hydrogens is 329 g/mol. The molecular formula is C17H18FN3O2S. The van der Waals surface area contributed by atoms with Gasteiger partial charge in [-0.2, -0.15) is 0 Å². The van der Waals surface area contributed by atoms with Crippen molar-refractivity contribution in [2.75, 3.05) is 12.3 Å². The van der Waals surface area contributed by atoms with Crippen LogP contribution in [0.2, 0.25) is 0 Å². The van der Waals surface area contributed by atoms with Gasteiger partial charge in [0.05, 0.1) is 16.8 Å². The third kappa shape index (κ3) is 3.47. The molecule has 3 aromatic rings. The van der Waals surface area contributed by atoms with E-state index in [1.807, 2.05) is 28.8 Å². The van der Waals surface area contributed by atoms with Crippen molar-refractivity contribution in [3.63, 3.8) is 0 Å². The highest BCUT2D eigenvalue weighted by atomic mass is 32.2. The Kier molecular flexibility index (Phi) is 4.64. The molecule has 0 bridgehead atoms. The monoisotopic (exact) mass is 347 g/mol. The maximum absolute atomic E-state index is 13.2. The van der Waals surface area contributed by atoms with Crippen molar-refractivity contribution in [1.29, 1.82) is 0 Å². The highest BCUT2D eigenvalue weighted by molar-refractivity contribution is 7.89. The smallest absolute Gasteiger partial charge is 0.211 e. The SMILES string of the molecule is CCS(=O)(=O)NCCn1c(-c2ccc(F)cc2)nc2ccccc21. The Morgan fingerprint density at radius 3 is 2.54 bits per heavy atom. The maximum Gasteiger partial charge on any atom is 0.211 e. The lowest BCUT2D eigenvalue weighted by Gasteiger charge is -2.10. The van der Waals surface area contributed by atoms with Gasteiger partial charge < -0.3 is 4.57 Å². The lowest BCUT2D eigenvalue weighted by Crippen LogP contribution is -2.28. The van der Waals surface area contributed by atoms with Gasteiger partial charge in [-0.05, 0) is 43.3 Å². The van der Waals surface area contributed by atoms with Crippen molar-refractivity contribution in [3.8, 4) is 11.4 Å². The summed E-state index contributed by atoms with van der Waals surface area (Å²) in [5.41, 5.74) is 2.51. The van der Waals surface area contributed by atoms with E-state index in [9.17, 15) is 12.8 Å². The van der Waals surface area contributed by atoms with Crippen molar-refractivity contribution < 1.29 is 12.8 Å². The first-order valence-corrected chi connectivity index (χ1v) is 9.34. The van der Waals surface area contributed by atoms with E-state index >= 15 is 0 Å². The van der Waals surface area contributed by atoms with Crippen LogP contribution in [0.1, 0.15) is 6.92 Å². The molecule has 0 radical (unpaired) electrons. The van der Waals surface area contributed by atoms with E-state index in [-0.39, 0.29) is 18.1 Å². The van der Waals surface area contributed by atoms with Gasteiger partial charge in [0, 0.05) is 18.7 Å². The van der Waals surface area contributed by atoms with Crippen LogP contribution in [0.15, 0.2) is 48.5 Å². The van der Waals surface area contributed by atoms with E-state index in [2.05, 4.69) is 9.71 Å². The molecule has 0 aliphatic carbocycles. The number of halogens is 1. The Morgan fingerprint density at radius 2 is 1.83 bits per heavy atom. The Balaban J connectivity index is 1.98. The van der Waals surface area contributed by atoms with Gasteiger partial charge in [0.1, 0.15) is 11.6 Å². The number of hydrogen-bond acceptors (Lipinski definition) is 3. The first-order valence-electron chi connectivity index (χ1n) is 7.69. The van der Waals surface area contributed by atoms with Gasteiger partial charge in [0.25, 0.3) is 0 Å². The summed E-state index contributed by atoms with van der Waals surface area (Å²) < 4.78 is 40.9. The summed E-state index contributed by atoms with van der Waals surface area (Å²) in [6.07, 6.45) is 0. The number of fused-ring (bicyclic) bond motifs is 1. The fraction of sp³-hybridized carbons (Fsp3) is 0.235. The molecule has 1 heterocycles. The lowest BCUT2D eigenvalue weighted by molar-refractivity contribution is 0.576. The number of para-hydroxylation sites is 2. The minimum absolute atomic E-state index is 0.0441. The van der Waals surface area contributed by atoms with E-state index in [1.165, 1.54) is 12.1 Å². The molecule has 3 rings (SSSR count). The summed E-state index contributed by atoms with van der Waals surface area (Å²) in [6.45, 7) is 2.30. The molecule has 0 fully saturated rings. The van der Waals surface area contributed by atoms with Crippen LogP contribution in [0.5, 0.6) is 0 Å². The van der Waals surface area contributed by atoms with Gasteiger partial charge in [-0.15, -0.1) is 0 Å². The molecule has 0 aliphatic heterocycles. The zero-order valence-corrected chi connectivity index (χ0v) is 14.1. The molecule has 126 valence electrons. The van der Waals surface area contributed by atoms with Crippen molar-refractivity contribution in [2.45, 2.75) is 13.5 Å². The van der Waals surface area contributed by atoms with Crippen molar-refractivity contribution in [3.05, 3.63) is 54.3 Å². The standard InChI is InChI=1S/C17H18FN3O2S/c1-2-24(22,23)19-11-12-21-16-6-4-3-5-15(16)20-17(21)13-7-9-14(18)10-8-13/h3-10,19H,2,11-12H2,1H3. The number of aromatic nitrogens is 2. The maximum atomic E-state index is 13.2. The Bertz CT molecular complexity index is 950. The van der Waals surface area contributed by atoms with Crippen molar-refractivity contribution in [1.82, 2.24) is 14.3 Å². The molecule has 2 aromatic carbocycles. The molecule has 5 nitrogen and oxygen atoms in total. The van der Waals surface area contributed by atoms with Crippen molar-refractivity contribution in [2.24, 2.45) is 0 Å². The van der Waals surface area contributed by atoms with Crippen LogP contribution in [-0.2, 0) is 16.6 Å². The molecule has 0 aliphatic rings. The fourth-order valence-electron chi connectivity index (χ4n) is 2.54. The summed E-state index contributed by atoms with van der Waals surface area (Å²) in [6, 6.07) is 13.8. The molecule has 7 heteroatoms. The van der Waals surface area contributed by atoms with Crippen LogP contribution in [-0.4, -0.2) is 30.3 Å². The summed E-state index contributed by atoms with van der Waals surface area (Å²) in [5.74, 6) is 0.423. The predicted octanol–water partition coefficient (Wildman–Crippen LogP) is 2.78. The lowest BCUT2D eigenvalue weighted by atomic mass is 10.2. The highest BCUT2D eigenvalue weighted by Crippen LogP contribution is 2.24. The molecule has 0 amide bonds. The number of hydrogen-bond donors (Lipinski definition) is 1. The normalized spacial score (nSPS) is 11.9. The molecule has 0 saturated carbocycles. The van der Waals surface area contributed by atoms with Crippen LogP contribution in [0.4, 0.5) is 4.39 Å². The molecule has 0 spiro atoms. The molecule has 1 aromatic heterocycles. The molecule has 1 N–H and O–H groups in total. The van der Waals surface area contributed by atoms with Crippen LogP contribution < -0.4 is 4.72 Å². The number of benzene rings is 2. The topological polar surface area (TPSA) is 64.0 Å². The number of nitrogens with one attached hydrogen (secondary N) is 1. The summed E-state index contributed by atoms with van der Waals surface area (Å²) >= 11 is 0. The van der Waals surface area contributed by atoms with Gasteiger partial charge in [-0.3, -0.25) is 0 Å². The quantitative estimate of drug-likeness (QED) is 0.746. The van der Waals surface area contributed by atoms with Crippen LogP contribution in [0.25, 0.3) is 22.4 Å². The minimum atomic E-state index is -3.24. The van der Waals surface area contributed by atoms with Crippen LogP contribution in [0, 0.1) is 5.82 Å². The zero-order chi connectivity index (χ0) is 17.2. The summed E-state index contributed by atoms with van der Waals surface area (Å²) in [5, 5.41) is 0. The second-order valence-electron chi connectivity index (χ2n) is 5.38. The highest BCUT2D eigenvalue weighted by Gasteiger charge is 2.13. The fourth-order valence-corrected chi connectivity index (χ4v) is 3.14. The van der Waals surface area contributed by atoms with E-state index in [0.29, 0.717) is 12.4 Å². The Morgan fingerprint density at radius 1 is 1.12 bits per heavy atom. The average molecular weight is 347 g/mol. The molecule has 24 heavy (non-hydrogen) atoms. The first kappa shape index (κ1) is 16.6. The van der Waals surface area contributed by atoms with E-state index in [0.717, 1.165) is 16.6 Å². The average Bonchev–Trinajstić information content (AvgIpc) is 2.94. The number of imidazole rings is 1. The number of rotatable bonds is 6. The Labute approximate surface area is 140 Å². The van der Waals surface area contributed by atoms with E-state index in [1.54, 1.807) is 19.1 Å². The third-order valence-electron chi connectivity index (χ3n) is 3.79. The van der Waals surface area contributed by atoms with Gasteiger partial charge in [0.2, 0.25) is 10.0 Å². The summed E-state index contributed by atoms with van der Waals surface area (Å²) in [7, 11) is -3.24. The zero-order valence-electron chi connectivity index (χ0n) is 13.2. The Hall–Kier alpha value is -2.25. The van der Waals surface area contributed by atoms with Gasteiger partial charge in [-0.25, -0.2) is 22.5 Å². The summed E-state index contributed by atoms with van der Waals surface area (Å²) in [4.78, 5) is 4.61. The van der Waals surface area contributed by atoms with Gasteiger partial charge >= 0.3 is 0 Å². The van der Waals surface area contributed by atoms with E-state index < -0.39 is 10.0 Å².